The van der Waals surface area contributed by atoms with Gasteiger partial charge in [0, 0.05) is 19.0 Å². The van der Waals surface area contributed by atoms with E-state index in [0.717, 1.165) is 12.8 Å². The number of hydrogen-bond donors (Lipinski definition) is 0. The summed E-state index contributed by atoms with van der Waals surface area (Å²) in [6.45, 7) is 1.25. The molecular formula is C21H23NO2S. The first-order valence-electron chi connectivity index (χ1n) is 8.85. The summed E-state index contributed by atoms with van der Waals surface area (Å²) in [4.78, 5) is 0. The van der Waals surface area contributed by atoms with Crippen LogP contribution < -0.4 is 0 Å². The first kappa shape index (κ1) is 16.6. The first-order valence-corrected chi connectivity index (χ1v) is 10.7. The van der Waals surface area contributed by atoms with Crippen molar-refractivity contribution in [2.75, 3.05) is 19.3 Å². The first-order chi connectivity index (χ1) is 12.0. The van der Waals surface area contributed by atoms with Gasteiger partial charge >= 0.3 is 0 Å². The van der Waals surface area contributed by atoms with Gasteiger partial charge in [0.1, 0.15) is 0 Å². The van der Waals surface area contributed by atoms with Crippen LogP contribution in [0.4, 0.5) is 0 Å². The number of nitrogens with zero attached hydrogens (tertiary/aromatic N) is 1. The highest BCUT2D eigenvalue weighted by atomic mass is 32.2. The second-order valence-electron chi connectivity index (χ2n) is 7.07. The van der Waals surface area contributed by atoms with Gasteiger partial charge in [0.05, 0.1) is 6.26 Å². The zero-order valence-electron chi connectivity index (χ0n) is 14.4. The normalized spacial score (nSPS) is 19.2. The van der Waals surface area contributed by atoms with Gasteiger partial charge in [0.25, 0.3) is 0 Å². The molecule has 1 aliphatic carbocycles. The molecule has 1 aliphatic heterocycles. The van der Waals surface area contributed by atoms with Crippen LogP contribution in [0, 0.1) is 5.92 Å². The Morgan fingerprint density at radius 3 is 1.80 bits per heavy atom. The summed E-state index contributed by atoms with van der Waals surface area (Å²) < 4.78 is 25.3. The van der Waals surface area contributed by atoms with E-state index in [-0.39, 0.29) is 0 Å². The number of fused-ring (bicyclic) bond motifs is 2. The van der Waals surface area contributed by atoms with Gasteiger partial charge in [-0.1, -0.05) is 60.7 Å². The maximum atomic E-state index is 11.8. The molecule has 25 heavy (non-hydrogen) atoms. The van der Waals surface area contributed by atoms with Crippen molar-refractivity contribution >= 4 is 22.2 Å². The molecule has 0 N–H and O–H groups in total. The monoisotopic (exact) mass is 353 g/mol. The standard InChI is InChI=1S/C21H23NO2S/c1-25(23,24)22-14-12-18(13-15-22)21-19-8-4-2-6-16(19)10-11-17-7-3-5-9-20(17)21/h2-11,18,21H,12-15H2,1H3. The van der Waals surface area contributed by atoms with Crippen LogP contribution in [0.15, 0.2) is 48.5 Å². The van der Waals surface area contributed by atoms with Gasteiger partial charge in [0.2, 0.25) is 10.0 Å². The second kappa shape index (κ2) is 6.43. The smallest absolute Gasteiger partial charge is 0.211 e. The summed E-state index contributed by atoms with van der Waals surface area (Å²) in [5.74, 6) is 0.782. The molecule has 0 atom stereocenters. The van der Waals surface area contributed by atoms with Crippen LogP contribution in [-0.2, 0) is 10.0 Å². The molecule has 2 aromatic rings. The number of rotatable bonds is 2. The molecule has 3 nitrogen and oxygen atoms in total. The lowest BCUT2D eigenvalue weighted by molar-refractivity contribution is 0.257. The maximum Gasteiger partial charge on any atom is 0.211 e. The molecule has 0 amide bonds. The Balaban J connectivity index is 1.73. The minimum absolute atomic E-state index is 0.323. The van der Waals surface area contributed by atoms with Gasteiger partial charge in [-0.05, 0) is 41.0 Å². The summed E-state index contributed by atoms with van der Waals surface area (Å²) in [5.41, 5.74) is 5.27. The Hall–Kier alpha value is -1.91. The van der Waals surface area contributed by atoms with E-state index in [0.29, 0.717) is 24.9 Å². The second-order valence-corrected chi connectivity index (χ2v) is 9.05. The highest BCUT2D eigenvalue weighted by Gasteiger charge is 2.33. The van der Waals surface area contributed by atoms with Gasteiger partial charge in [-0.2, -0.15) is 0 Å². The van der Waals surface area contributed by atoms with E-state index in [1.165, 1.54) is 28.5 Å². The van der Waals surface area contributed by atoms with E-state index >= 15 is 0 Å². The number of piperidine rings is 1. The molecule has 4 rings (SSSR count). The predicted molar refractivity (Wildman–Crippen MR) is 103 cm³/mol. The van der Waals surface area contributed by atoms with Crippen molar-refractivity contribution in [3.63, 3.8) is 0 Å². The van der Waals surface area contributed by atoms with Crippen molar-refractivity contribution in [2.24, 2.45) is 5.92 Å². The molecule has 0 spiro atoms. The van der Waals surface area contributed by atoms with Crippen molar-refractivity contribution in [3.8, 4) is 0 Å². The Labute approximate surface area is 150 Å². The van der Waals surface area contributed by atoms with E-state index in [1.807, 2.05) is 0 Å². The van der Waals surface area contributed by atoms with Crippen LogP contribution >= 0.6 is 0 Å². The summed E-state index contributed by atoms with van der Waals surface area (Å²) >= 11 is 0. The van der Waals surface area contributed by atoms with Crippen LogP contribution in [-0.4, -0.2) is 32.1 Å². The average Bonchev–Trinajstić information content (AvgIpc) is 2.78. The Bertz CT molecular complexity index is 859. The summed E-state index contributed by atoms with van der Waals surface area (Å²) in [7, 11) is -3.09. The van der Waals surface area contributed by atoms with Crippen molar-refractivity contribution in [3.05, 3.63) is 70.8 Å². The van der Waals surface area contributed by atoms with E-state index < -0.39 is 10.0 Å². The van der Waals surface area contributed by atoms with Gasteiger partial charge in [-0.3, -0.25) is 0 Å². The Kier molecular flexibility index (Phi) is 4.26. The van der Waals surface area contributed by atoms with Crippen LogP contribution in [0.3, 0.4) is 0 Å². The summed E-state index contributed by atoms with van der Waals surface area (Å²) in [6, 6.07) is 17.2. The lowest BCUT2D eigenvalue weighted by Gasteiger charge is -2.36. The average molecular weight is 353 g/mol. The largest absolute Gasteiger partial charge is 0.213 e. The van der Waals surface area contributed by atoms with Crippen LogP contribution in [0.1, 0.15) is 41.0 Å². The third-order valence-corrected chi connectivity index (χ3v) is 6.85. The van der Waals surface area contributed by atoms with Crippen LogP contribution in [0.5, 0.6) is 0 Å². The SMILES string of the molecule is CS(=O)(=O)N1CCC(C2c3ccccc3C=Cc3ccccc32)CC1. The molecule has 2 aliphatic rings. The van der Waals surface area contributed by atoms with Gasteiger partial charge in [-0.15, -0.1) is 0 Å². The number of sulfonamides is 1. The fourth-order valence-electron chi connectivity index (χ4n) is 4.29. The molecule has 0 bridgehead atoms. The van der Waals surface area contributed by atoms with Gasteiger partial charge in [0.15, 0.2) is 0 Å². The van der Waals surface area contributed by atoms with E-state index in [4.69, 9.17) is 0 Å². The summed E-state index contributed by atoms with van der Waals surface area (Å²) in [5, 5.41) is 0. The third-order valence-electron chi connectivity index (χ3n) is 5.54. The number of hydrogen-bond acceptors (Lipinski definition) is 2. The fourth-order valence-corrected chi connectivity index (χ4v) is 5.16. The molecule has 2 aromatic carbocycles. The number of benzene rings is 2. The molecular weight excluding hydrogens is 330 g/mol. The highest BCUT2D eigenvalue weighted by Crippen LogP contribution is 2.43. The molecule has 4 heteroatoms. The molecule has 130 valence electrons. The summed E-state index contributed by atoms with van der Waals surface area (Å²) in [6.07, 6.45) is 7.54. The molecule has 1 heterocycles. The topological polar surface area (TPSA) is 37.4 Å². The van der Waals surface area contributed by atoms with Crippen LogP contribution in [0.25, 0.3) is 12.2 Å². The van der Waals surface area contributed by atoms with Crippen LogP contribution in [0.2, 0.25) is 0 Å². The highest BCUT2D eigenvalue weighted by molar-refractivity contribution is 7.88. The molecule has 0 aromatic heterocycles. The third kappa shape index (κ3) is 3.16. The lowest BCUT2D eigenvalue weighted by atomic mass is 9.75. The molecule has 1 saturated heterocycles. The maximum absolute atomic E-state index is 11.8. The van der Waals surface area contributed by atoms with E-state index in [1.54, 1.807) is 4.31 Å². The zero-order chi connectivity index (χ0) is 17.4. The van der Waals surface area contributed by atoms with Crippen molar-refractivity contribution in [1.82, 2.24) is 4.31 Å². The van der Waals surface area contributed by atoms with E-state index in [9.17, 15) is 8.42 Å². The van der Waals surface area contributed by atoms with Gasteiger partial charge in [-0.25, -0.2) is 12.7 Å². The molecule has 0 saturated carbocycles. The van der Waals surface area contributed by atoms with E-state index in [2.05, 4.69) is 60.7 Å². The zero-order valence-corrected chi connectivity index (χ0v) is 15.2. The quantitative estimate of drug-likeness (QED) is 0.819. The Morgan fingerprint density at radius 1 is 0.840 bits per heavy atom. The molecule has 0 radical (unpaired) electrons. The minimum Gasteiger partial charge on any atom is -0.213 e. The predicted octanol–water partition coefficient (Wildman–Crippen LogP) is 3.97. The van der Waals surface area contributed by atoms with Crippen molar-refractivity contribution in [2.45, 2.75) is 18.8 Å². The lowest BCUT2D eigenvalue weighted by Crippen LogP contribution is -2.39. The van der Waals surface area contributed by atoms with Crippen molar-refractivity contribution in [1.29, 1.82) is 0 Å². The van der Waals surface area contributed by atoms with Crippen molar-refractivity contribution < 1.29 is 8.42 Å². The molecule has 0 unspecified atom stereocenters. The Morgan fingerprint density at radius 2 is 1.32 bits per heavy atom. The minimum atomic E-state index is -3.09. The molecule has 1 fully saturated rings. The fraction of sp³-hybridized carbons (Fsp3) is 0.333. The van der Waals surface area contributed by atoms with Gasteiger partial charge < -0.3 is 0 Å².